The maximum Gasteiger partial charge on any atom is 0.272 e. The van der Waals surface area contributed by atoms with E-state index in [-0.39, 0.29) is 11.1 Å². The summed E-state index contributed by atoms with van der Waals surface area (Å²) in [5, 5.41) is 5.02. The van der Waals surface area contributed by atoms with Crippen LogP contribution in [0.2, 0.25) is 0 Å². The van der Waals surface area contributed by atoms with Crippen LogP contribution in [0.3, 0.4) is 0 Å². The van der Waals surface area contributed by atoms with Crippen LogP contribution < -0.4 is 10.9 Å². The minimum atomic E-state index is -0.414. The molecular weight excluding hydrogens is 332 g/mol. The van der Waals surface area contributed by atoms with Crippen molar-refractivity contribution in [3.05, 3.63) is 57.6 Å². The molecule has 3 aromatic rings. The van der Waals surface area contributed by atoms with E-state index in [1.807, 2.05) is 13.0 Å². The third kappa shape index (κ3) is 3.27. The number of hydrogen-bond acceptors (Lipinski definition) is 6. The number of rotatable bonds is 5. The third-order valence-corrected chi connectivity index (χ3v) is 4.73. The SMILES string of the molecule is CCSc1nc2sccn2c(=O)c1C(=O)NCc1cccnc1. The van der Waals surface area contributed by atoms with Gasteiger partial charge in [-0.05, 0) is 17.4 Å². The van der Waals surface area contributed by atoms with E-state index in [0.717, 1.165) is 11.3 Å². The average Bonchev–Trinajstić information content (AvgIpc) is 3.03. The molecule has 0 radical (unpaired) electrons. The molecule has 0 aromatic carbocycles. The molecule has 0 saturated carbocycles. The smallest absolute Gasteiger partial charge is 0.272 e. The maximum atomic E-state index is 12.6. The summed E-state index contributed by atoms with van der Waals surface area (Å²) in [6.07, 6.45) is 4.98. The van der Waals surface area contributed by atoms with Crippen LogP contribution in [0.5, 0.6) is 0 Å². The summed E-state index contributed by atoms with van der Waals surface area (Å²) in [4.78, 5) is 34.1. The zero-order valence-corrected chi connectivity index (χ0v) is 14.0. The van der Waals surface area contributed by atoms with Gasteiger partial charge >= 0.3 is 0 Å². The van der Waals surface area contributed by atoms with Crippen molar-refractivity contribution < 1.29 is 4.79 Å². The van der Waals surface area contributed by atoms with Gasteiger partial charge < -0.3 is 5.32 Å². The van der Waals surface area contributed by atoms with Crippen molar-refractivity contribution >= 4 is 34.0 Å². The zero-order valence-electron chi connectivity index (χ0n) is 12.4. The van der Waals surface area contributed by atoms with Crippen molar-refractivity contribution in [2.24, 2.45) is 0 Å². The molecule has 0 aliphatic carbocycles. The number of pyridine rings is 1. The Morgan fingerprint density at radius 3 is 3.09 bits per heavy atom. The highest BCUT2D eigenvalue weighted by atomic mass is 32.2. The molecule has 118 valence electrons. The quantitative estimate of drug-likeness (QED) is 0.566. The van der Waals surface area contributed by atoms with Crippen molar-refractivity contribution in [2.75, 3.05) is 5.75 Å². The molecule has 3 heterocycles. The summed E-state index contributed by atoms with van der Waals surface area (Å²) in [5.41, 5.74) is 0.628. The number of thioether (sulfide) groups is 1. The second-order valence-electron chi connectivity index (χ2n) is 4.63. The number of aromatic nitrogens is 3. The van der Waals surface area contributed by atoms with Gasteiger partial charge in [-0.2, -0.15) is 0 Å². The van der Waals surface area contributed by atoms with Gasteiger partial charge in [0.05, 0.1) is 0 Å². The molecule has 0 spiro atoms. The Kier molecular flexibility index (Phi) is 4.73. The van der Waals surface area contributed by atoms with Crippen LogP contribution in [-0.2, 0) is 6.54 Å². The summed E-state index contributed by atoms with van der Waals surface area (Å²) >= 11 is 2.76. The topological polar surface area (TPSA) is 76.4 Å². The van der Waals surface area contributed by atoms with E-state index in [1.165, 1.54) is 27.5 Å². The monoisotopic (exact) mass is 346 g/mol. The molecule has 0 aliphatic heterocycles. The highest BCUT2D eigenvalue weighted by Gasteiger charge is 2.20. The molecule has 3 aromatic heterocycles. The van der Waals surface area contributed by atoms with Crippen LogP contribution >= 0.6 is 23.1 Å². The van der Waals surface area contributed by atoms with Crippen LogP contribution in [0.15, 0.2) is 45.9 Å². The highest BCUT2D eigenvalue weighted by molar-refractivity contribution is 7.99. The van der Waals surface area contributed by atoms with Crippen LogP contribution in [0.25, 0.3) is 4.96 Å². The summed E-state index contributed by atoms with van der Waals surface area (Å²) in [7, 11) is 0. The van der Waals surface area contributed by atoms with Crippen molar-refractivity contribution in [3.8, 4) is 0 Å². The van der Waals surface area contributed by atoms with Crippen molar-refractivity contribution in [1.29, 1.82) is 0 Å². The minimum absolute atomic E-state index is 0.0941. The van der Waals surface area contributed by atoms with Gasteiger partial charge in [0.15, 0.2) is 4.96 Å². The van der Waals surface area contributed by atoms with Gasteiger partial charge in [-0.15, -0.1) is 23.1 Å². The summed E-state index contributed by atoms with van der Waals surface area (Å²) < 4.78 is 1.41. The molecule has 0 unspecified atom stereocenters. The molecule has 0 atom stereocenters. The standard InChI is InChI=1S/C15H14N4O2S2/c1-2-22-13-11(14(21)19-6-7-23-15(19)18-13)12(20)17-9-10-4-3-5-16-8-10/h3-8H,2,9H2,1H3,(H,17,20). The van der Waals surface area contributed by atoms with Crippen LogP contribution in [0, 0.1) is 0 Å². The molecule has 1 amide bonds. The lowest BCUT2D eigenvalue weighted by Gasteiger charge is -2.08. The van der Waals surface area contributed by atoms with Gasteiger partial charge in [0.1, 0.15) is 10.6 Å². The van der Waals surface area contributed by atoms with E-state index in [1.54, 1.807) is 30.0 Å². The minimum Gasteiger partial charge on any atom is -0.348 e. The van der Waals surface area contributed by atoms with Crippen LogP contribution in [0.4, 0.5) is 0 Å². The fraction of sp³-hybridized carbons (Fsp3) is 0.200. The number of amides is 1. The van der Waals surface area contributed by atoms with Crippen molar-refractivity contribution in [3.63, 3.8) is 0 Å². The maximum absolute atomic E-state index is 12.6. The third-order valence-electron chi connectivity index (χ3n) is 3.12. The van der Waals surface area contributed by atoms with Gasteiger partial charge in [0, 0.05) is 30.5 Å². The Morgan fingerprint density at radius 2 is 2.35 bits per heavy atom. The zero-order chi connectivity index (χ0) is 16.2. The Bertz CT molecular complexity index is 889. The summed E-state index contributed by atoms with van der Waals surface area (Å²) in [5.74, 6) is 0.319. The molecule has 1 N–H and O–H groups in total. The number of nitrogens with zero attached hydrogens (tertiary/aromatic N) is 3. The molecule has 0 saturated heterocycles. The number of fused-ring (bicyclic) bond motifs is 1. The number of carbonyl (C=O) groups is 1. The predicted molar refractivity (Wildman–Crippen MR) is 91.1 cm³/mol. The second-order valence-corrected chi connectivity index (χ2v) is 6.76. The summed E-state index contributed by atoms with van der Waals surface area (Å²) in [6, 6.07) is 3.66. The Morgan fingerprint density at radius 1 is 1.48 bits per heavy atom. The Hall–Kier alpha value is -2.19. The molecule has 3 rings (SSSR count). The predicted octanol–water partition coefficient (Wildman–Crippen LogP) is 2.19. The van der Waals surface area contributed by atoms with Gasteiger partial charge in [-0.1, -0.05) is 13.0 Å². The van der Waals surface area contributed by atoms with E-state index in [4.69, 9.17) is 0 Å². The molecule has 0 aliphatic rings. The lowest BCUT2D eigenvalue weighted by molar-refractivity contribution is 0.0945. The van der Waals surface area contributed by atoms with Crippen molar-refractivity contribution in [1.82, 2.24) is 19.7 Å². The first-order valence-corrected chi connectivity index (χ1v) is 8.87. The molecule has 0 fully saturated rings. The average molecular weight is 346 g/mol. The molecule has 6 nitrogen and oxygen atoms in total. The van der Waals surface area contributed by atoms with Gasteiger partial charge in [-0.25, -0.2) is 4.98 Å². The fourth-order valence-corrected chi connectivity index (χ4v) is 3.58. The summed E-state index contributed by atoms with van der Waals surface area (Å²) in [6.45, 7) is 2.27. The van der Waals surface area contributed by atoms with Crippen LogP contribution in [0.1, 0.15) is 22.8 Å². The first-order chi connectivity index (χ1) is 11.2. The van der Waals surface area contributed by atoms with E-state index in [2.05, 4.69) is 15.3 Å². The Balaban J connectivity index is 1.93. The van der Waals surface area contributed by atoms with Gasteiger partial charge in [0.25, 0.3) is 11.5 Å². The largest absolute Gasteiger partial charge is 0.348 e. The normalized spacial score (nSPS) is 10.8. The highest BCUT2D eigenvalue weighted by Crippen LogP contribution is 2.20. The molecule has 0 bridgehead atoms. The number of hydrogen-bond donors (Lipinski definition) is 1. The van der Waals surface area contributed by atoms with Gasteiger partial charge in [-0.3, -0.25) is 19.0 Å². The van der Waals surface area contributed by atoms with Crippen molar-refractivity contribution in [2.45, 2.75) is 18.5 Å². The molecule has 8 heteroatoms. The van der Waals surface area contributed by atoms with E-state index >= 15 is 0 Å². The Labute approximate surface area is 140 Å². The second kappa shape index (κ2) is 6.93. The van der Waals surface area contributed by atoms with E-state index < -0.39 is 5.91 Å². The first-order valence-electron chi connectivity index (χ1n) is 7.00. The number of thiazole rings is 1. The lowest BCUT2D eigenvalue weighted by atomic mass is 10.2. The van der Waals surface area contributed by atoms with Crippen LogP contribution in [-0.4, -0.2) is 26.0 Å². The number of carbonyl (C=O) groups excluding carboxylic acids is 1. The lowest BCUT2D eigenvalue weighted by Crippen LogP contribution is -2.32. The van der Waals surface area contributed by atoms with Gasteiger partial charge in [0.2, 0.25) is 0 Å². The van der Waals surface area contributed by atoms with E-state index in [0.29, 0.717) is 16.5 Å². The molecule has 23 heavy (non-hydrogen) atoms. The van der Waals surface area contributed by atoms with E-state index in [9.17, 15) is 9.59 Å². The fourth-order valence-electron chi connectivity index (χ4n) is 2.07. The number of nitrogens with one attached hydrogen (secondary N) is 1. The molecular formula is C15H14N4O2S2. The first kappa shape index (κ1) is 15.7.